The van der Waals surface area contributed by atoms with Gasteiger partial charge in [-0.2, -0.15) is 0 Å². The van der Waals surface area contributed by atoms with E-state index in [1.165, 1.54) is 6.07 Å². The van der Waals surface area contributed by atoms with E-state index in [2.05, 4.69) is 0 Å². The van der Waals surface area contributed by atoms with Gasteiger partial charge < -0.3 is 10.2 Å². The van der Waals surface area contributed by atoms with E-state index in [0.717, 1.165) is 21.9 Å². The molecule has 1 aliphatic rings. The maximum atomic E-state index is 11.9. The maximum Gasteiger partial charge on any atom is 0.336 e. The molecule has 0 radical (unpaired) electrons. The highest BCUT2D eigenvalue weighted by Gasteiger charge is 2.26. The molecule has 0 bridgehead atoms. The zero-order chi connectivity index (χ0) is 18.4. The molecule has 0 saturated heterocycles. The van der Waals surface area contributed by atoms with Gasteiger partial charge in [-0.05, 0) is 46.0 Å². The molecule has 4 rings (SSSR count). The first kappa shape index (κ1) is 16.1. The fourth-order valence-electron chi connectivity index (χ4n) is 3.88. The van der Waals surface area contributed by atoms with Crippen molar-refractivity contribution in [1.29, 1.82) is 0 Å². The summed E-state index contributed by atoms with van der Waals surface area (Å²) in [5, 5.41) is 21.3. The predicted octanol–water partition coefficient (Wildman–Crippen LogP) is 4.70. The van der Waals surface area contributed by atoms with Crippen molar-refractivity contribution in [3.05, 3.63) is 88.0 Å². The highest BCUT2D eigenvalue weighted by Crippen LogP contribution is 2.40. The molecule has 1 unspecified atom stereocenters. The molecule has 1 aliphatic carbocycles. The van der Waals surface area contributed by atoms with E-state index in [0.29, 0.717) is 5.56 Å². The number of allylic oxidation sites excluding steroid dienone is 1. The Morgan fingerprint density at radius 2 is 1.62 bits per heavy atom. The minimum atomic E-state index is -1.12. The Bertz CT molecular complexity index is 1100. The summed E-state index contributed by atoms with van der Waals surface area (Å²) in [7, 11) is 0. The average molecular weight is 344 g/mol. The molecule has 0 aliphatic heterocycles. The molecule has 128 valence electrons. The van der Waals surface area contributed by atoms with Gasteiger partial charge in [0.15, 0.2) is 0 Å². The quantitative estimate of drug-likeness (QED) is 0.722. The zero-order valence-corrected chi connectivity index (χ0v) is 14.1. The first-order valence-corrected chi connectivity index (χ1v) is 8.29. The van der Waals surface area contributed by atoms with Gasteiger partial charge in [-0.3, -0.25) is 0 Å². The Hall–Kier alpha value is -3.40. The number of hydrogen-bond acceptors (Lipinski definition) is 2. The molecule has 2 N–H and O–H groups in total. The molecule has 0 aromatic heterocycles. The normalized spacial score (nSPS) is 15.2. The smallest absolute Gasteiger partial charge is 0.336 e. The number of rotatable bonds is 3. The van der Waals surface area contributed by atoms with Crippen LogP contribution in [-0.2, 0) is 0 Å². The van der Waals surface area contributed by atoms with Crippen LogP contribution < -0.4 is 0 Å². The molecule has 0 spiro atoms. The van der Waals surface area contributed by atoms with Gasteiger partial charge in [0.1, 0.15) is 0 Å². The average Bonchev–Trinajstić information content (AvgIpc) is 2.61. The molecule has 0 fully saturated rings. The van der Waals surface area contributed by atoms with Gasteiger partial charge in [-0.1, -0.05) is 54.6 Å². The lowest BCUT2D eigenvalue weighted by molar-refractivity contribution is 0.0695. The fraction of sp³-hybridized carbons (Fsp3) is 0.0909. The van der Waals surface area contributed by atoms with Crippen LogP contribution >= 0.6 is 0 Å². The van der Waals surface area contributed by atoms with Gasteiger partial charge >= 0.3 is 11.9 Å². The van der Waals surface area contributed by atoms with Crippen molar-refractivity contribution in [2.75, 3.05) is 0 Å². The summed E-state index contributed by atoms with van der Waals surface area (Å²) in [6.45, 7) is 1.55. The maximum absolute atomic E-state index is 11.9. The highest BCUT2D eigenvalue weighted by atomic mass is 16.4. The van der Waals surface area contributed by atoms with Crippen LogP contribution in [0.3, 0.4) is 0 Å². The second-order valence-corrected chi connectivity index (χ2v) is 6.44. The van der Waals surface area contributed by atoms with E-state index >= 15 is 0 Å². The molecule has 26 heavy (non-hydrogen) atoms. The third kappa shape index (κ3) is 2.30. The van der Waals surface area contributed by atoms with Gasteiger partial charge in [-0.15, -0.1) is 0 Å². The second-order valence-electron chi connectivity index (χ2n) is 6.44. The van der Waals surface area contributed by atoms with Crippen molar-refractivity contribution in [3.8, 4) is 0 Å². The summed E-state index contributed by atoms with van der Waals surface area (Å²) in [6.07, 6.45) is 3.99. The van der Waals surface area contributed by atoms with Crippen molar-refractivity contribution in [1.82, 2.24) is 0 Å². The van der Waals surface area contributed by atoms with E-state index in [4.69, 9.17) is 0 Å². The Morgan fingerprint density at radius 1 is 0.885 bits per heavy atom. The molecule has 0 saturated carbocycles. The summed E-state index contributed by atoms with van der Waals surface area (Å²) < 4.78 is 0. The van der Waals surface area contributed by atoms with Gasteiger partial charge in [0.25, 0.3) is 0 Å². The van der Waals surface area contributed by atoms with Crippen LogP contribution in [0.15, 0.2) is 54.6 Å². The fourth-order valence-corrected chi connectivity index (χ4v) is 3.88. The topological polar surface area (TPSA) is 74.6 Å². The van der Waals surface area contributed by atoms with Crippen molar-refractivity contribution in [2.24, 2.45) is 0 Å². The first-order valence-electron chi connectivity index (χ1n) is 8.29. The van der Waals surface area contributed by atoms with Crippen molar-refractivity contribution in [3.63, 3.8) is 0 Å². The van der Waals surface area contributed by atoms with Gasteiger partial charge in [-0.25, -0.2) is 9.59 Å². The molecular weight excluding hydrogens is 328 g/mol. The Labute approximate surface area is 150 Å². The lowest BCUT2D eigenvalue weighted by Gasteiger charge is -2.24. The molecule has 4 nitrogen and oxygen atoms in total. The van der Waals surface area contributed by atoms with Gasteiger partial charge in [0.05, 0.1) is 11.1 Å². The van der Waals surface area contributed by atoms with Crippen LogP contribution in [0.25, 0.3) is 16.8 Å². The minimum Gasteiger partial charge on any atom is -0.478 e. The number of carbonyl (C=O) groups is 2. The van der Waals surface area contributed by atoms with Gasteiger partial charge in [0, 0.05) is 5.92 Å². The Morgan fingerprint density at radius 3 is 2.31 bits per heavy atom. The van der Waals surface area contributed by atoms with Crippen LogP contribution in [-0.4, -0.2) is 22.2 Å². The molecule has 4 heteroatoms. The van der Waals surface area contributed by atoms with Crippen LogP contribution in [0.2, 0.25) is 0 Å². The lowest BCUT2D eigenvalue weighted by atomic mass is 9.79. The van der Waals surface area contributed by atoms with Crippen LogP contribution in [0.5, 0.6) is 0 Å². The van der Waals surface area contributed by atoms with E-state index in [-0.39, 0.29) is 22.6 Å². The van der Waals surface area contributed by atoms with Crippen LogP contribution in [0, 0.1) is 6.92 Å². The summed E-state index contributed by atoms with van der Waals surface area (Å²) in [5.41, 5.74) is 3.11. The highest BCUT2D eigenvalue weighted by molar-refractivity contribution is 6.00. The third-order valence-electron chi connectivity index (χ3n) is 5.05. The molecule has 0 heterocycles. The standard InChI is InChI=1S/C22H16O4/c1-12-15(21(23)24)10-11-18(19(12)22(25)26)16-9-8-14-5-2-4-13-6-3-7-17(16)20(13)14/h2-11,16H,1H3,(H,23,24)(H,25,26). The summed E-state index contributed by atoms with van der Waals surface area (Å²) in [5.74, 6) is -2.47. The SMILES string of the molecule is Cc1c(C(=O)O)ccc(C2C=Cc3cccc4cccc2c34)c1C(=O)O. The predicted molar refractivity (Wildman–Crippen MR) is 99.9 cm³/mol. The van der Waals surface area contributed by atoms with Crippen molar-refractivity contribution in [2.45, 2.75) is 12.8 Å². The number of aromatic carboxylic acids is 2. The monoisotopic (exact) mass is 344 g/mol. The molecule has 0 amide bonds. The Balaban J connectivity index is 2.00. The summed E-state index contributed by atoms with van der Waals surface area (Å²) >= 11 is 0. The van der Waals surface area contributed by atoms with E-state index in [1.807, 2.05) is 48.6 Å². The largest absolute Gasteiger partial charge is 0.478 e. The molecular formula is C22H16O4. The van der Waals surface area contributed by atoms with Crippen LogP contribution in [0.1, 0.15) is 48.9 Å². The van der Waals surface area contributed by atoms with Gasteiger partial charge in [0.2, 0.25) is 0 Å². The summed E-state index contributed by atoms with van der Waals surface area (Å²) in [4.78, 5) is 23.3. The lowest BCUT2D eigenvalue weighted by Crippen LogP contribution is -2.14. The summed E-state index contributed by atoms with van der Waals surface area (Å²) in [6, 6.07) is 15.2. The van der Waals surface area contributed by atoms with Crippen LogP contribution in [0.4, 0.5) is 0 Å². The second kappa shape index (κ2) is 5.85. The Kier molecular flexibility index (Phi) is 3.62. The number of carboxylic acids is 2. The minimum absolute atomic E-state index is 0.0181. The molecule has 3 aromatic carbocycles. The van der Waals surface area contributed by atoms with Crippen molar-refractivity contribution < 1.29 is 19.8 Å². The zero-order valence-electron chi connectivity index (χ0n) is 14.1. The van der Waals surface area contributed by atoms with E-state index in [1.54, 1.807) is 13.0 Å². The van der Waals surface area contributed by atoms with E-state index in [9.17, 15) is 19.8 Å². The number of benzene rings is 3. The van der Waals surface area contributed by atoms with E-state index < -0.39 is 11.9 Å². The van der Waals surface area contributed by atoms with Crippen molar-refractivity contribution >= 4 is 28.8 Å². The number of hydrogen-bond donors (Lipinski definition) is 2. The first-order chi connectivity index (χ1) is 12.5. The molecule has 3 aromatic rings. The number of carboxylic acid groups (broad SMARTS) is 2. The third-order valence-corrected chi connectivity index (χ3v) is 5.05. The molecule has 1 atom stereocenters.